The molecule has 19 nitrogen and oxygen atoms in total. The molecule has 12 N–H and O–H groups in total. The van der Waals surface area contributed by atoms with Gasteiger partial charge in [0.2, 0.25) is 5.91 Å². The third-order valence-corrected chi connectivity index (χ3v) is 17.5. The Morgan fingerprint density at radius 2 is 0.744 bits per heavy atom. The quantitative estimate of drug-likeness (QED) is 0.0199. The van der Waals surface area contributed by atoms with E-state index in [-0.39, 0.29) is 18.9 Å². The molecule has 0 spiro atoms. The Morgan fingerprint density at radius 3 is 1.19 bits per heavy atom. The normalized spacial score (nSPS) is 28.4. The van der Waals surface area contributed by atoms with E-state index in [9.17, 15) is 61.0 Å². The SMILES string of the molecule is CCCCCCC/C=C\C/C=C\C/C=C\CCCCCCCCCCC(=O)NC(COC1OC(CO)C(OC2OC(CO)C(OC3OC(CO)C(O)C(O)C3O)C(O)C2O)C(O)C1O)C(O)/C=C/CC/C=C/CCCCCCCCCCCCCCCCCC. The summed E-state index contributed by atoms with van der Waals surface area (Å²) in [6.45, 7) is 1.71. The molecular formula is C71H127NO18. The number of hydrogen-bond donors (Lipinski definition) is 12. The predicted octanol–water partition coefficient (Wildman–Crippen LogP) is 9.55. The fourth-order valence-corrected chi connectivity index (χ4v) is 11.7. The fourth-order valence-electron chi connectivity index (χ4n) is 11.7. The highest BCUT2D eigenvalue weighted by Gasteiger charge is 2.53. The molecule has 17 unspecified atom stereocenters. The Morgan fingerprint density at radius 1 is 0.400 bits per heavy atom. The van der Waals surface area contributed by atoms with E-state index in [2.05, 4.69) is 67.8 Å². The molecule has 0 aromatic heterocycles. The van der Waals surface area contributed by atoms with Crippen LogP contribution in [-0.4, -0.2) is 193 Å². The molecule has 0 radical (unpaired) electrons. The number of aliphatic hydroxyl groups is 11. The van der Waals surface area contributed by atoms with E-state index in [1.807, 2.05) is 6.08 Å². The maximum absolute atomic E-state index is 13.4. The highest BCUT2D eigenvalue weighted by atomic mass is 16.8. The number of aliphatic hydroxyl groups excluding tert-OH is 11. The van der Waals surface area contributed by atoms with Crippen molar-refractivity contribution in [1.29, 1.82) is 0 Å². The summed E-state index contributed by atoms with van der Waals surface area (Å²) in [6, 6.07) is -0.997. The lowest BCUT2D eigenvalue weighted by molar-refractivity contribution is -0.379. The second-order valence-corrected chi connectivity index (χ2v) is 25.3. The first kappa shape index (κ1) is 81.7. The molecule has 3 rings (SSSR count). The van der Waals surface area contributed by atoms with Crippen molar-refractivity contribution in [3.8, 4) is 0 Å². The zero-order valence-electron chi connectivity index (χ0n) is 55.4. The summed E-state index contributed by atoms with van der Waals surface area (Å²) < 4.78 is 34.3. The van der Waals surface area contributed by atoms with Gasteiger partial charge >= 0.3 is 0 Å². The van der Waals surface area contributed by atoms with Gasteiger partial charge in [0.05, 0.1) is 38.6 Å². The van der Waals surface area contributed by atoms with Gasteiger partial charge in [0.1, 0.15) is 73.2 Å². The van der Waals surface area contributed by atoms with Gasteiger partial charge in [-0.25, -0.2) is 0 Å². The van der Waals surface area contributed by atoms with Crippen LogP contribution in [0.1, 0.15) is 251 Å². The van der Waals surface area contributed by atoms with Crippen LogP contribution < -0.4 is 5.32 Å². The molecule has 3 aliphatic heterocycles. The number of nitrogens with one attached hydrogen (secondary N) is 1. The lowest BCUT2D eigenvalue weighted by Crippen LogP contribution is -2.66. The van der Waals surface area contributed by atoms with Crippen LogP contribution in [0.3, 0.4) is 0 Å². The van der Waals surface area contributed by atoms with E-state index in [0.717, 1.165) is 64.2 Å². The summed E-state index contributed by atoms with van der Waals surface area (Å²) in [5.74, 6) is -0.293. The number of carbonyl (C=O) groups is 1. The van der Waals surface area contributed by atoms with Crippen LogP contribution in [0, 0.1) is 0 Å². The zero-order chi connectivity index (χ0) is 65.4. The topological polar surface area (TPSA) is 307 Å². The average Bonchev–Trinajstić information content (AvgIpc) is 0.865. The number of unbranched alkanes of at least 4 members (excludes halogenated alkanes) is 30. The summed E-state index contributed by atoms with van der Waals surface area (Å²) >= 11 is 0. The van der Waals surface area contributed by atoms with Gasteiger partial charge in [-0.15, -0.1) is 0 Å². The first-order chi connectivity index (χ1) is 43.8. The van der Waals surface area contributed by atoms with Crippen LogP contribution in [0.4, 0.5) is 0 Å². The van der Waals surface area contributed by atoms with Crippen LogP contribution in [0.25, 0.3) is 0 Å². The highest BCUT2D eigenvalue weighted by molar-refractivity contribution is 5.76. The summed E-state index contributed by atoms with van der Waals surface area (Å²) in [4.78, 5) is 13.4. The van der Waals surface area contributed by atoms with Crippen molar-refractivity contribution in [2.24, 2.45) is 0 Å². The van der Waals surface area contributed by atoms with Gasteiger partial charge in [0.25, 0.3) is 0 Å². The molecule has 3 heterocycles. The van der Waals surface area contributed by atoms with Crippen molar-refractivity contribution in [2.45, 2.75) is 356 Å². The van der Waals surface area contributed by atoms with Gasteiger partial charge in [0.15, 0.2) is 18.9 Å². The predicted molar refractivity (Wildman–Crippen MR) is 351 cm³/mol. The van der Waals surface area contributed by atoms with E-state index >= 15 is 0 Å². The van der Waals surface area contributed by atoms with Gasteiger partial charge in [-0.2, -0.15) is 0 Å². The number of amides is 1. The minimum atomic E-state index is -1.98. The molecule has 0 bridgehead atoms. The minimum Gasteiger partial charge on any atom is -0.394 e. The van der Waals surface area contributed by atoms with Gasteiger partial charge in [-0.1, -0.05) is 235 Å². The van der Waals surface area contributed by atoms with Crippen molar-refractivity contribution >= 4 is 5.91 Å². The number of rotatable bonds is 54. The maximum atomic E-state index is 13.4. The summed E-state index contributed by atoms with van der Waals surface area (Å²) in [5, 5.41) is 121. The molecule has 0 aromatic carbocycles. The molecule has 0 saturated carbocycles. The molecular weight excluding hydrogens is 1150 g/mol. The first-order valence-corrected chi connectivity index (χ1v) is 35.5. The molecule has 3 aliphatic rings. The molecule has 0 aliphatic carbocycles. The number of hydrogen-bond acceptors (Lipinski definition) is 18. The van der Waals surface area contributed by atoms with Crippen LogP contribution in [0.15, 0.2) is 60.8 Å². The second kappa shape index (κ2) is 52.7. The van der Waals surface area contributed by atoms with Crippen LogP contribution >= 0.6 is 0 Å². The molecule has 3 saturated heterocycles. The summed E-state index contributed by atoms with van der Waals surface area (Å²) in [7, 11) is 0. The molecule has 3 fully saturated rings. The Balaban J connectivity index is 1.46. The summed E-state index contributed by atoms with van der Waals surface area (Å²) in [5.41, 5.74) is 0. The van der Waals surface area contributed by atoms with Gasteiger partial charge < -0.3 is 89.9 Å². The number of carbonyl (C=O) groups excluding carboxylic acids is 1. The lowest BCUT2D eigenvalue weighted by atomic mass is 9.96. The Kier molecular flexibility index (Phi) is 47.9. The lowest BCUT2D eigenvalue weighted by Gasteiger charge is -2.48. The fraction of sp³-hybridized carbons (Fsp3) is 0.845. The largest absolute Gasteiger partial charge is 0.394 e. The van der Waals surface area contributed by atoms with E-state index in [1.54, 1.807) is 6.08 Å². The summed E-state index contributed by atoms with van der Waals surface area (Å²) in [6.07, 6.45) is 37.6. The van der Waals surface area contributed by atoms with Gasteiger partial charge in [0, 0.05) is 6.42 Å². The monoisotopic (exact) mass is 1280 g/mol. The van der Waals surface area contributed by atoms with E-state index in [1.165, 1.54) is 154 Å². The first-order valence-electron chi connectivity index (χ1n) is 35.5. The van der Waals surface area contributed by atoms with Crippen molar-refractivity contribution in [3.63, 3.8) is 0 Å². The van der Waals surface area contributed by atoms with Crippen molar-refractivity contribution in [2.75, 3.05) is 26.4 Å². The maximum Gasteiger partial charge on any atom is 0.220 e. The second-order valence-electron chi connectivity index (χ2n) is 25.3. The standard InChI is InChI=1S/C71H127NO18/c1-3-5-7-9-11-13-15-17-19-21-23-25-27-29-31-33-35-37-39-41-43-45-47-49-59(77)72-54(55(76)48-46-44-42-40-38-36-34-32-30-28-26-24-22-20-18-16-14-12-10-8-6-4-2)53-85-69-65(83)62(80)67(57(51-74)87-69)90-71-66(84)63(81)68(58(52-75)88-71)89-70-64(82)61(79)60(78)56(50-73)86-70/h15,17,21,23,27,29,38,40,46,48,54-58,60-71,73-76,78-84H,3-14,16,18-20,22,24-26,28,30-37,39,41-45,47,49-53H2,1-2H3,(H,72,77)/b17-15-,23-21-,29-27-,40-38+,48-46+. The van der Waals surface area contributed by atoms with Gasteiger partial charge in [-0.3, -0.25) is 4.79 Å². The Hall–Kier alpha value is -2.51. The molecule has 90 heavy (non-hydrogen) atoms. The molecule has 1 amide bonds. The van der Waals surface area contributed by atoms with E-state index in [0.29, 0.717) is 12.8 Å². The third-order valence-electron chi connectivity index (χ3n) is 17.5. The van der Waals surface area contributed by atoms with Crippen molar-refractivity contribution in [3.05, 3.63) is 60.8 Å². The number of allylic oxidation sites excluding steroid dienone is 9. The minimum absolute atomic E-state index is 0.225. The van der Waals surface area contributed by atoms with Crippen LogP contribution in [0.5, 0.6) is 0 Å². The number of ether oxygens (including phenoxy) is 6. The van der Waals surface area contributed by atoms with Gasteiger partial charge in [-0.05, 0) is 70.6 Å². The smallest absolute Gasteiger partial charge is 0.220 e. The van der Waals surface area contributed by atoms with Crippen molar-refractivity contribution < 1.29 is 89.4 Å². The highest BCUT2D eigenvalue weighted by Crippen LogP contribution is 2.33. The van der Waals surface area contributed by atoms with Crippen LogP contribution in [0.2, 0.25) is 0 Å². The molecule has 0 aromatic rings. The molecule has 19 heteroatoms. The van der Waals surface area contributed by atoms with E-state index < -0.39 is 124 Å². The molecule has 524 valence electrons. The Bertz CT molecular complexity index is 1870. The third kappa shape index (κ3) is 34.2. The zero-order valence-corrected chi connectivity index (χ0v) is 55.4. The molecule has 17 atom stereocenters. The van der Waals surface area contributed by atoms with Crippen molar-refractivity contribution in [1.82, 2.24) is 5.32 Å². The Labute approximate surface area is 541 Å². The average molecular weight is 1280 g/mol. The van der Waals surface area contributed by atoms with Crippen LogP contribution in [-0.2, 0) is 33.2 Å². The van der Waals surface area contributed by atoms with E-state index in [4.69, 9.17) is 28.4 Å².